The summed E-state index contributed by atoms with van der Waals surface area (Å²) in [6.45, 7) is 1.95. The number of benzene rings is 2. The third-order valence-corrected chi connectivity index (χ3v) is 3.50. The highest BCUT2D eigenvalue weighted by atomic mass is 19.1. The van der Waals surface area contributed by atoms with Gasteiger partial charge in [0.15, 0.2) is 0 Å². The Morgan fingerprint density at radius 3 is 2.86 bits per heavy atom. The first-order valence-electron chi connectivity index (χ1n) is 6.74. The first-order valence-corrected chi connectivity index (χ1v) is 6.74. The number of nitrogens with one attached hydrogen (secondary N) is 2. The third-order valence-electron chi connectivity index (χ3n) is 3.50. The van der Waals surface area contributed by atoms with Crippen LogP contribution in [0.15, 0.2) is 48.7 Å². The van der Waals surface area contributed by atoms with Crippen LogP contribution in [0.4, 0.5) is 10.1 Å². The number of rotatable bonds is 3. The number of fused-ring (bicyclic) bond motifs is 1. The number of halogens is 1. The van der Waals surface area contributed by atoms with Gasteiger partial charge in [0.25, 0.3) is 0 Å². The molecule has 0 atom stereocenters. The summed E-state index contributed by atoms with van der Waals surface area (Å²) in [4.78, 5) is 15.1. The molecule has 1 amide bonds. The molecule has 0 saturated carbocycles. The summed E-state index contributed by atoms with van der Waals surface area (Å²) in [5.41, 5.74) is 3.39. The number of para-hydroxylation sites is 1. The van der Waals surface area contributed by atoms with Crippen LogP contribution in [-0.4, -0.2) is 10.9 Å². The molecule has 2 N–H and O–H groups in total. The van der Waals surface area contributed by atoms with Crippen molar-refractivity contribution in [3.8, 4) is 0 Å². The van der Waals surface area contributed by atoms with E-state index in [2.05, 4.69) is 10.3 Å². The quantitative estimate of drug-likeness (QED) is 0.754. The van der Waals surface area contributed by atoms with Gasteiger partial charge in [-0.05, 0) is 42.3 Å². The van der Waals surface area contributed by atoms with E-state index in [1.807, 2.05) is 31.2 Å². The Bertz CT molecular complexity index is 807. The Labute approximate surface area is 121 Å². The van der Waals surface area contributed by atoms with Crippen molar-refractivity contribution in [2.24, 2.45) is 0 Å². The Kier molecular flexibility index (Phi) is 3.44. The van der Waals surface area contributed by atoms with E-state index in [0.717, 1.165) is 22.2 Å². The molecule has 2 aromatic carbocycles. The summed E-state index contributed by atoms with van der Waals surface area (Å²) >= 11 is 0. The van der Waals surface area contributed by atoms with Gasteiger partial charge in [-0.1, -0.05) is 18.2 Å². The van der Waals surface area contributed by atoms with Gasteiger partial charge >= 0.3 is 0 Å². The van der Waals surface area contributed by atoms with E-state index < -0.39 is 0 Å². The maximum Gasteiger partial charge on any atom is 0.228 e. The predicted molar refractivity (Wildman–Crippen MR) is 81.8 cm³/mol. The number of aromatic nitrogens is 1. The number of H-pyrrole nitrogens is 1. The smallest absolute Gasteiger partial charge is 0.228 e. The maximum atomic E-state index is 13.1. The molecule has 1 heterocycles. The molecule has 21 heavy (non-hydrogen) atoms. The van der Waals surface area contributed by atoms with E-state index in [-0.39, 0.29) is 18.1 Å². The molecule has 0 aliphatic rings. The molecule has 0 saturated heterocycles. The highest BCUT2D eigenvalue weighted by Gasteiger charge is 2.10. The van der Waals surface area contributed by atoms with Gasteiger partial charge in [-0.2, -0.15) is 0 Å². The summed E-state index contributed by atoms with van der Waals surface area (Å²) in [5.74, 6) is -0.380. The Balaban J connectivity index is 1.79. The molecule has 0 radical (unpaired) electrons. The number of amides is 1. The fraction of sp³-hybridized carbons (Fsp3) is 0.118. The van der Waals surface area contributed by atoms with Crippen LogP contribution in [0, 0.1) is 12.7 Å². The Hall–Kier alpha value is -2.62. The monoisotopic (exact) mass is 282 g/mol. The van der Waals surface area contributed by atoms with Gasteiger partial charge in [-0.15, -0.1) is 0 Å². The van der Waals surface area contributed by atoms with Crippen LogP contribution < -0.4 is 5.32 Å². The highest BCUT2D eigenvalue weighted by molar-refractivity contribution is 5.96. The largest absolute Gasteiger partial charge is 0.361 e. The molecule has 3 nitrogen and oxygen atoms in total. The van der Waals surface area contributed by atoms with Gasteiger partial charge in [0.05, 0.1) is 6.42 Å². The first kappa shape index (κ1) is 13.4. The molecule has 0 unspecified atom stereocenters. The highest BCUT2D eigenvalue weighted by Crippen LogP contribution is 2.20. The maximum absolute atomic E-state index is 13.1. The molecule has 0 fully saturated rings. The van der Waals surface area contributed by atoms with Crippen molar-refractivity contribution in [1.29, 1.82) is 0 Å². The number of aryl methyl sites for hydroxylation is 1. The normalized spacial score (nSPS) is 10.8. The Morgan fingerprint density at radius 2 is 2.05 bits per heavy atom. The number of anilines is 1. The van der Waals surface area contributed by atoms with Gasteiger partial charge in [0, 0.05) is 22.8 Å². The molecule has 3 rings (SSSR count). The summed E-state index contributed by atoms with van der Waals surface area (Å²) in [5, 5.41) is 3.77. The van der Waals surface area contributed by atoms with Crippen molar-refractivity contribution in [3.63, 3.8) is 0 Å². The lowest BCUT2D eigenvalue weighted by Gasteiger charge is -2.07. The molecular weight excluding hydrogens is 267 g/mol. The summed E-state index contributed by atoms with van der Waals surface area (Å²) < 4.78 is 13.1. The number of aromatic amines is 1. The molecule has 0 spiro atoms. The second-order valence-electron chi connectivity index (χ2n) is 5.04. The standard InChI is InChI=1S/C17H15FN2O/c1-11-4-2-3-5-15(11)20-17(21)8-12-10-19-16-9-13(18)6-7-14(12)16/h2-7,9-10,19H,8H2,1H3,(H,20,21). The number of carbonyl (C=O) groups is 1. The Morgan fingerprint density at radius 1 is 1.24 bits per heavy atom. The van der Waals surface area contributed by atoms with Crippen molar-refractivity contribution in [2.45, 2.75) is 13.3 Å². The minimum absolute atomic E-state index is 0.0884. The van der Waals surface area contributed by atoms with Gasteiger partial charge in [0.1, 0.15) is 5.82 Å². The number of carbonyl (C=O) groups excluding carboxylic acids is 1. The molecular formula is C17H15FN2O. The predicted octanol–water partition coefficient (Wildman–Crippen LogP) is 3.80. The van der Waals surface area contributed by atoms with Crippen LogP contribution in [0.5, 0.6) is 0 Å². The minimum Gasteiger partial charge on any atom is -0.361 e. The zero-order chi connectivity index (χ0) is 14.8. The van der Waals surface area contributed by atoms with Crippen LogP contribution in [0.2, 0.25) is 0 Å². The second kappa shape index (κ2) is 5.40. The van der Waals surface area contributed by atoms with Crippen molar-refractivity contribution in [2.75, 3.05) is 5.32 Å². The average Bonchev–Trinajstić information content (AvgIpc) is 2.83. The van der Waals surface area contributed by atoms with Crippen LogP contribution in [0.1, 0.15) is 11.1 Å². The van der Waals surface area contributed by atoms with E-state index >= 15 is 0 Å². The molecule has 0 aliphatic carbocycles. The summed E-state index contributed by atoms with van der Waals surface area (Å²) in [6.07, 6.45) is 2.00. The van der Waals surface area contributed by atoms with E-state index in [1.54, 1.807) is 12.3 Å². The zero-order valence-corrected chi connectivity index (χ0v) is 11.6. The van der Waals surface area contributed by atoms with E-state index in [9.17, 15) is 9.18 Å². The molecule has 0 aliphatic heterocycles. The first-order chi connectivity index (χ1) is 10.1. The SMILES string of the molecule is Cc1ccccc1NC(=O)Cc1c[nH]c2cc(F)ccc12. The average molecular weight is 282 g/mol. The number of hydrogen-bond acceptors (Lipinski definition) is 1. The van der Waals surface area contributed by atoms with Crippen LogP contribution in [0.25, 0.3) is 10.9 Å². The molecule has 0 bridgehead atoms. The van der Waals surface area contributed by atoms with Crippen molar-refractivity contribution >= 4 is 22.5 Å². The summed E-state index contributed by atoms with van der Waals surface area (Å²) in [7, 11) is 0. The minimum atomic E-state index is -0.291. The lowest BCUT2D eigenvalue weighted by molar-refractivity contribution is -0.115. The fourth-order valence-electron chi connectivity index (χ4n) is 2.39. The lowest BCUT2D eigenvalue weighted by Crippen LogP contribution is -2.14. The second-order valence-corrected chi connectivity index (χ2v) is 5.04. The van der Waals surface area contributed by atoms with Crippen molar-refractivity contribution < 1.29 is 9.18 Å². The topological polar surface area (TPSA) is 44.9 Å². The van der Waals surface area contributed by atoms with Crippen LogP contribution in [0.3, 0.4) is 0 Å². The van der Waals surface area contributed by atoms with Crippen LogP contribution >= 0.6 is 0 Å². The van der Waals surface area contributed by atoms with Gasteiger partial charge < -0.3 is 10.3 Å². The lowest BCUT2D eigenvalue weighted by atomic mass is 10.1. The van der Waals surface area contributed by atoms with Gasteiger partial charge in [0.2, 0.25) is 5.91 Å². The fourth-order valence-corrected chi connectivity index (χ4v) is 2.39. The zero-order valence-electron chi connectivity index (χ0n) is 11.6. The molecule has 106 valence electrons. The van der Waals surface area contributed by atoms with E-state index in [0.29, 0.717) is 5.52 Å². The van der Waals surface area contributed by atoms with E-state index in [4.69, 9.17) is 0 Å². The third kappa shape index (κ3) is 2.79. The molecule has 3 aromatic rings. The van der Waals surface area contributed by atoms with Gasteiger partial charge in [-0.3, -0.25) is 4.79 Å². The van der Waals surface area contributed by atoms with E-state index in [1.165, 1.54) is 12.1 Å². The van der Waals surface area contributed by atoms with Crippen LogP contribution in [-0.2, 0) is 11.2 Å². The van der Waals surface area contributed by atoms with Gasteiger partial charge in [-0.25, -0.2) is 4.39 Å². The number of hydrogen-bond donors (Lipinski definition) is 2. The molecule has 1 aromatic heterocycles. The van der Waals surface area contributed by atoms with Crippen molar-refractivity contribution in [1.82, 2.24) is 4.98 Å². The molecule has 4 heteroatoms. The van der Waals surface area contributed by atoms with Crippen molar-refractivity contribution in [3.05, 3.63) is 65.6 Å². The summed E-state index contributed by atoms with van der Waals surface area (Å²) in [6, 6.07) is 12.2.